The summed E-state index contributed by atoms with van der Waals surface area (Å²) in [5.41, 5.74) is 2.55. The average Bonchev–Trinajstić information content (AvgIpc) is 2.84. The van der Waals surface area contributed by atoms with Crippen molar-refractivity contribution in [3.05, 3.63) is 41.5 Å². The maximum Gasteiger partial charge on any atom is 0.335 e. The van der Waals surface area contributed by atoms with Gasteiger partial charge in [-0.05, 0) is 36.6 Å². The minimum atomic E-state index is -0.877. The van der Waals surface area contributed by atoms with Crippen LogP contribution in [0.25, 0.3) is 0 Å². The molecule has 0 bridgehead atoms. The Labute approximate surface area is 116 Å². The summed E-state index contributed by atoms with van der Waals surface area (Å²) in [4.78, 5) is 13.3. The number of carbonyl (C=O) groups is 1. The Kier molecular flexibility index (Phi) is 3.14. The molecule has 0 spiro atoms. The largest absolute Gasteiger partial charge is 0.478 e. The van der Waals surface area contributed by atoms with Crippen LogP contribution in [0.15, 0.2) is 24.5 Å². The van der Waals surface area contributed by atoms with Crippen LogP contribution in [-0.2, 0) is 20.0 Å². The number of carboxylic acids is 1. The number of carboxylic acid groups (broad SMARTS) is 1. The quantitative estimate of drug-likeness (QED) is 0.916. The van der Waals surface area contributed by atoms with E-state index in [-0.39, 0.29) is 0 Å². The molecule has 6 nitrogen and oxygen atoms in total. The van der Waals surface area contributed by atoms with Crippen molar-refractivity contribution >= 4 is 11.7 Å². The Morgan fingerprint density at radius 2 is 2.30 bits per heavy atom. The van der Waals surface area contributed by atoms with Gasteiger partial charge in [-0.3, -0.25) is 0 Å². The summed E-state index contributed by atoms with van der Waals surface area (Å²) < 4.78 is 1.90. The van der Waals surface area contributed by atoms with Crippen molar-refractivity contribution in [2.75, 3.05) is 11.4 Å². The third kappa shape index (κ3) is 2.24. The maximum absolute atomic E-state index is 11.0. The fraction of sp³-hybridized carbons (Fsp3) is 0.357. The van der Waals surface area contributed by atoms with Crippen molar-refractivity contribution in [3.8, 4) is 0 Å². The van der Waals surface area contributed by atoms with Crippen LogP contribution in [0, 0.1) is 0 Å². The van der Waals surface area contributed by atoms with Crippen molar-refractivity contribution in [1.82, 2.24) is 14.8 Å². The number of aryl methyl sites for hydroxylation is 2. The molecule has 0 atom stereocenters. The highest BCUT2D eigenvalue weighted by Crippen LogP contribution is 2.29. The van der Waals surface area contributed by atoms with E-state index in [1.54, 1.807) is 18.5 Å². The molecule has 0 aliphatic carbocycles. The lowest BCUT2D eigenvalue weighted by molar-refractivity contribution is 0.0697. The van der Waals surface area contributed by atoms with Gasteiger partial charge in [0.25, 0.3) is 0 Å². The molecule has 0 radical (unpaired) electrons. The summed E-state index contributed by atoms with van der Waals surface area (Å²) in [7, 11) is 1.92. The molecule has 0 amide bonds. The van der Waals surface area contributed by atoms with Crippen molar-refractivity contribution in [2.24, 2.45) is 7.05 Å². The molecule has 2 heterocycles. The van der Waals surface area contributed by atoms with Gasteiger partial charge in [0, 0.05) is 19.3 Å². The third-order valence-corrected chi connectivity index (χ3v) is 3.68. The van der Waals surface area contributed by atoms with E-state index in [4.69, 9.17) is 5.11 Å². The lowest BCUT2D eigenvalue weighted by Crippen LogP contribution is -2.30. The first-order valence-electron chi connectivity index (χ1n) is 6.59. The number of anilines is 1. The summed E-state index contributed by atoms with van der Waals surface area (Å²) in [5, 5.41) is 17.1. The van der Waals surface area contributed by atoms with Crippen LogP contribution < -0.4 is 4.90 Å². The van der Waals surface area contributed by atoms with Gasteiger partial charge in [-0.2, -0.15) is 0 Å². The van der Waals surface area contributed by atoms with E-state index < -0.39 is 5.97 Å². The second-order valence-corrected chi connectivity index (χ2v) is 5.03. The maximum atomic E-state index is 11.0. The van der Waals surface area contributed by atoms with Gasteiger partial charge in [-0.25, -0.2) is 4.79 Å². The van der Waals surface area contributed by atoms with Gasteiger partial charge < -0.3 is 14.6 Å². The van der Waals surface area contributed by atoms with E-state index in [1.807, 2.05) is 17.7 Å². The van der Waals surface area contributed by atoms with Crippen molar-refractivity contribution in [2.45, 2.75) is 19.4 Å². The summed E-state index contributed by atoms with van der Waals surface area (Å²) in [6.07, 6.45) is 3.63. The molecule has 1 aliphatic rings. The highest BCUT2D eigenvalue weighted by Gasteiger charge is 2.19. The second kappa shape index (κ2) is 4.96. The van der Waals surface area contributed by atoms with Crippen LogP contribution >= 0.6 is 0 Å². The van der Waals surface area contributed by atoms with E-state index in [2.05, 4.69) is 15.1 Å². The zero-order chi connectivity index (χ0) is 14.1. The summed E-state index contributed by atoms with van der Waals surface area (Å²) in [5.74, 6) is 0.0263. The molecule has 104 valence electrons. The SMILES string of the molecule is Cn1cnnc1CN1CCCc2cc(C(=O)O)ccc21. The van der Waals surface area contributed by atoms with Crippen LogP contribution in [0.3, 0.4) is 0 Å². The Morgan fingerprint density at radius 3 is 3.00 bits per heavy atom. The van der Waals surface area contributed by atoms with E-state index in [0.717, 1.165) is 36.5 Å². The van der Waals surface area contributed by atoms with Gasteiger partial charge in [0.05, 0.1) is 12.1 Å². The first-order chi connectivity index (χ1) is 9.65. The van der Waals surface area contributed by atoms with Gasteiger partial charge >= 0.3 is 5.97 Å². The summed E-state index contributed by atoms with van der Waals surface area (Å²) in [6, 6.07) is 5.34. The zero-order valence-electron chi connectivity index (χ0n) is 11.3. The number of rotatable bonds is 3. The first kappa shape index (κ1) is 12.7. The minimum Gasteiger partial charge on any atom is -0.478 e. The second-order valence-electron chi connectivity index (χ2n) is 5.03. The van der Waals surface area contributed by atoms with Crippen molar-refractivity contribution in [1.29, 1.82) is 0 Å². The molecule has 0 saturated carbocycles. The Morgan fingerprint density at radius 1 is 1.45 bits per heavy atom. The van der Waals surface area contributed by atoms with Crippen LogP contribution in [-0.4, -0.2) is 32.4 Å². The number of fused-ring (bicyclic) bond motifs is 1. The molecule has 1 aromatic carbocycles. The van der Waals surface area contributed by atoms with E-state index in [0.29, 0.717) is 12.1 Å². The monoisotopic (exact) mass is 272 g/mol. The van der Waals surface area contributed by atoms with Gasteiger partial charge in [-0.1, -0.05) is 0 Å². The number of hydrogen-bond donors (Lipinski definition) is 1. The number of benzene rings is 1. The highest BCUT2D eigenvalue weighted by molar-refractivity contribution is 5.88. The van der Waals surface area contributed by atoms with Crippen molar-refractivity contribution < 1.29 is 9.90 Å². The minimum absolute atomic E-state index is 0.351. The fourth-order valence-electron chi connectivity index (χ4n) is 2.59. The Balaban J connectivity index is 1.90. The summed E-state index contributed by atoms with van der Waals surface area (Å²) in [6.45, 7) is 1.64. The first-order valence-corrected chi connectivity index (χ1v) is 6.59. The molecule has 3 rings (SSSR count). The molecular formula is C14H16N4O2. The van der Waals surface area contributed by atoms with E-state index in [1.165, 1.54) is 0 Å². The topological polar surface area (TPSA) is 71.2 Å². The molecule has 2 aromatic rings. The zero-order valence-corrected chi connectivity index (χ0v) is 11.3. The molecule has 1 aliphatic heterocycles. The molecule has 0 unspecified atom stereocenters. The number of aromatic nitrogens is 3. The molecule has 0 fully saturated rings. The smallest absolute Gasteiger partial charge is 0.335 e. The molecule has 1 aromatic heterocycles. The average molecular weight is 272 g/mol. The predicted octanol–water partition coefficient (Wildman–Crippen LogP) is 1.47. The Hall–Kier alpha value is -2.37. The van der Waals surface area contributed by atoms with Crippen LogP contribution in [0.5, 0.6) is 0 Å². The molecular weight excluding hydrogens is 256 g/mol. The summed E-state index contributed by atoms with van der Waals surface area (Å²) >= 11 is 0. The number of aromatic carboxylic acids is 1. The van der Waals surface area contributed by atoms with Crippen LogP contribution in [0.1, 0.15) is 28.2 Å². The molecule has 0 saturated heterocycles. The third-order valence-electron chi connectivity index (χ3n) is 3.68. The van der Waals surface area contributed by atoms with Gasteiger partial charge in [0.1, 0.15) is 6.33 Å². The lowest BCUT2D eigenvalue weighted by atomic mass is 9.99. The Bertz CT molecular complexity index is 650. The van der Waals surface area contributed by atoms with Gasteiger partial charge in [-0.15, -0.1) is 10.2 Å². The number of nitrogens with zero attached hydrogens (tertiary/aromatic N) is 4. The highest BCUT2D eigenvalue weighted by atomic mass is 16.4. The van der Waals surface area contributed by atoms with E-state index >= 15 is 0 Å². The van der Waals surface area contributed by atoms with Gasteiger partial charge in [0.2, 0.25) is 0 Å². The van der Waals surface area contributed by atoms with E-state index in [9.17, 15) is 4.79 Å². The predicted molar refractivity (Wildman–Crippen MR) is 73.8 cm³/mol. The van der Waals surface area contributed by atoms with Crippen molar-refractivity contribution in [3.63, 3.8) is 0 Å². The van der Waals surface area contributed by atoms with Crippen LogP contribution in [0.4, 0.5) is 5.69 Å². The molecule has 1 N–H and O–H groups in total. The van der Waals surface area contributed by atoms with Gasteiger partial charge in [0.15, 0.2) is 5.82 Å². The molecule has 6 heteroatoms. The molecule has 20 heavy (non-hydrogen) atoms. The normalized spacial score (nSPS) is 14.2. The number of hydrogen-bond acceptors (Lipinski definition) is 4. The standard InChI is InChI=1S/C14H16N4O2/c1-17-9-15-16-13(17)8-18-6-2-3-10-7-11(14(19)20)4-5-12(10)18/h4-5,7,9H,2-3,6,8H2,1H3,(H,19,20). The lowest BCUT2D eigenvalue weighted by Gasteiger charge is -2.31. The fourth-order valence-corrected chi connectivity index (χ4v) is 2.59. The van der Waals surface area contributed by atoms with Crippen LogP contribution in [0.2, 0.25) is 0 Å².